The predicted molar refractivity (Wildman–Crippen MR) is 118 cm³/mol. The summed E-state index contributed by atoms with van der Waals surface area (Å²) in [5.41, 5.74) is 3.97. The van der Waals surface area contributed by atoms with Gasteiger partial charge in [-0.2, -0.15) is 0 Å². The maximum Gasteiger partial charge on any atom is 0.136 e. The molecule has 0 saturated heterocycles. The molecular formula is C27H30O. The van der Waals surface area contributed by atoms with Crippen LogP contribution in [0.3, 0.4) is 0 Å². The lowest BCUT2D eigenvalue weighted by Crippen LogP contribution is -2.17. The zero-order valence-corrected chi connectivity index (χ0v) is 16.8. The highest BCUT2D eigenvalue weighted by Crippen LogP contribution is 2.31. The van der Waals surface area contributed by atoms with Crippen molar-refractivity contribution in [3.05, 3.63) is 108 Å². The van der Waals surface area contributed by atoms with Gasteiger partial charge in [0.15, 0.2) is 0 Å². The van der Waals surface area contributed by atoms with Gasteiger partial charge >= 0.3 is 0 Å². The van der Waals surface area contributed by atoms with Gasteiger partial charge in [-0.3, -0.25) is 4.79 Å². The zero-order valence-electron chi connectivity index (χ0n) is 16.8. The first kappa shape index (κ1) is 20.1. The van der Waals surface area contributed by atoms with Crippen molar-refractivity contribution in [2.45, 2.75) is 44.9 Å². The summed E-state index contributed by atoms with van der Waals surface area (Å²) in [6.07, 6.45) is 4.55. The maximum atomic E-state index is 12.5. The van der Waals surface area contributed by atoms with Crippen LogP contribution in [0.1, 0.15) is 55.2 Å². The summed E-state index contributed by atoms with van der Waals surface area (Å²) in [4.78, 5) is 12.5. The summed E-state index contributed by atoms with van der Waals surface area (Å²) < 4.78 is 0. The highest BCUT2D eigenvalue weighted by Gasteiger charge is 2.19. The Hall–Kier alpha value is -2.67. The highest BCUT2D eigenvalue weighted by molar-refractivity contribution is 5.80. The molecule has 1 heteroatoms. The minimum Gasteiger partial charge on any atom is -0.299 e. The molecule has 0 heterocycles. The smallest absolute Gasteiger partial charge is 0.136 e. The van der Waals surface area contributed by atoms with Crippen LogP contribution in [0.15, 0.2) is 91.0 Å². The maximum absolute atomic E-state index is 12.5. The normalized spacial score (nSPS) is 12.1. The van der Waals surface area contributed by atoms with Crippen LogP contribution >= 0.6 is 0 Å². The number of carbonyl (C=O) groups is 1. The molecule has 28 heavy (non-hydrogen) atoms. The SMILES string of the molecule is CCC(=O)C(CCCC(c1ccccc1)c1ccccc1)Cc1ccccc1. The van der Waals surface area contributed by atoms with Gasteiger partial charge < -0.3 is 0 Å². The fraction of sp³-hybridized carbons (Fsp3) is 0.296. The number of rotatable bonds is 10. The first-order valence-corrected chi connectivity index (χ1v) is 10.4. The van der Waals surface area contributed by atoms with Gasteiger partial charge in [-0.1, -0.05) is 104 Å². The summed E-state index contributed by atoms with van der Waals surface area (Å²) >= 11 is 0. The number of benzene rings is 3. The third-order valence-corrected chi connectivity index (χ3v) is 5.58. The van der Waals surface area contributed by atoms with E-state index in [-0.39, 0.29) is 5.92 Å². The van der Waals surface area contributed by atoms with Crippen molar-refractivity contribution in [2.24, 2.45) is 5.92 Å². The number of Topliss-reactive ketones (excluding diaryl/α,β-unsaturated/α-hetero) is 1. The van der Waals surface area contributed by atoms with Crippen molar-refractivity contribution in [2.75, 3.05) is 0 Å². The molecule has 0 aliphatic heterocycles. The summed E-state index contributed by atoms with van der Waals surface area (Å²) in [5.74, 6) is 0.899. The average molecular weight is 371 g/mol. The Labute approximate surface area is 169 Å². The fourth-order valence-electron chi connectivity index (χ4n) is 4.03. The van der Waals surface area contributed by atoms with E-state index in [0.717, 1.165) is 25.7 Å². The first-order chi connectivity index (χ1) is 13.8. The molecule has 0 saturated carbocycles. The van der Waals surface area contributed by atoms with E-state index in [4.69, 9.17) is 0 Å². The Bertz CT molecular complexity index is 784. The second kappa shape index (κ2) is 10.6. The van der Waals surface area contributed by atoms with Crippen LogP contribution in [0.25, 0.3) is 0 Å². The molecule has 3 rings (SSSR count). The van der Waals surface area contributed by atoms with Gasteiger partial charge in [0.2, 0.25) is 0 Å². The van der Waals surface area contributed by atoms with Gasteiger partial charge in [0, 0.05) is 18.3 Å². The minimum atomic E-state index is 0.125. The molecule has 0 N–H and O–H groups in total. The van der Waals surface area contributed by atoms with Crippen LogP contribution in [0.2, 0.25) is 0 Å². The van der Waals surface area contributed by atoms with Crippen molar-refractivity contribution in [1.82, 2.24) is 0 Å². The van der Waals surface area contributed by atoms with E-state index in [0.29, 0.717) is 18.1 Å². The molecule has 0 bridgehead atoms. The van der Waals surface area contributed by atoms with Crippen LogP contribution in [0, 0.1) is 5.92 Å². The van der Waals surface area contributed by atoms with Crippen molar-refractivity contribution in [3.8, 4) is 0 Å². The van der Waals surface area contributed by atoms with Crippen LogP contribution < -0.4 is 0 Å². The molecule has 0 fully saturated rings. The van der Waals surface area contributed by atoms with Gasteiger partial charge in [0.1, 0.15) is 5.78 Å². The molecule has 0 amide bonds. The average Bonchev–Trinajstić information content (AvgIpc) is 2.77. The second-order valence-electron chi connectivity index (χ2n) is 7.51. The van der Waals surface area contributed by atoms with Gasteiger partial charge in [-0.25, -0.2) is 0 Å². The monoisotopic (exact) mass is 370 g/mol. The number of ketones is 1. The predicted octanol–water partition coefficient (Wildman–Crippen LogP) is 6.83. The van der Waals surface area contributed by atoms with Crippen molar-refractivity contribution in [1.29, 1.82) is 0 Å². The fourth-order valence-corrected chi connectivity index (χ4v) is 4.03. The largest absolute Gasteiger partial charge is 0.299 e. The molecule has 144 valence electrons. The van der Waals surface area contributed by atoms with Gasteiger partial charge in [-0.15, -0.1) is 0 Å². The Morgan fingerprint density at radius 1 is 0.714 bits per heavy atom. The van der Waals surface area contributed by atoms with E-state index in [9.17, 15) is 4.79 Å². The third kappa shape index (κ3) is 5.66. The van der Waals surface area contributed by atoms with Crippen molar-refractivity contribution >= 4 is 5.78 Å². The summed E-state index contributed by atoms with van der Waals surface area (Å²) in [5, 5.41) is 0. The lowest BCUT2D eigenvalue weighted by molar-refractivity contribution is -0.122. The standard InChI is InChI=1S/C27H30O/c1-2-27(28)25(21-22-13-6-3-7-14-22)19-12-20-26(23-15-8-4-9-16-23)24-17-10-5-11-18-24/h3-11,13-18,25-26H,2,12,19-21H2,1H3. The van der Waals surface area contributed by atoms with Crippen LogP contribution in [0.5, 0.6) is 0 Å². The van der Waals surface area contributed by atoms with Gasteiger partial charge in [0.05, 0.1) is 0 Å². The number of hydrogen-bond donors (Lipinski definition) is 0. The molecule has 0 aromatic heterocycles. The number of hydrogen-bond acceptors (Lipinski definition) is 1. The molecule has 1 unspecified atom stereocenters. The summed E-state index contributed by atoms with van der Waals surface area (Å²) in [6, 6.07) is 31.9. The third-order valence-electron chi connectivity index (χ3n) is 5.58. The Kier molecular flexibility index (Phi) is 7.61. The molecule has 3 aromatic carbocycles. The van der Waals surface area contributed by atoms with E-state index < -0.39 is 0 Å². The van der Waals surface area contributed by atoms with Gasteiger partial charge in [-0.05, 0) is 36.0 Å². The van der Waals surface area contributed by atoms with Crippen LogP contribution in [0.4, 0.5) is 0 Å². The van der Waals surface area contributed by atoms with Crippen molar-refractivity contribution in [3.63, 3.8) is 0 Å². The molecule has 3 aromatic rings. The quantitative estimate of drug-likeness (QED) is 0.382. The summed E-state index contributed by atoms with van der Waals surface area (Å²) in [7, 11) is 0. The topological polar surface area (TPSA) is 17.1 Å². The Morgan fingerprint density at radius 2 is 1.21 bits per heavy atom. The Morgan fingerprint density at radius 3 is 1.71 bits per heavy atom. The highest BCUT2D eigenvalue weighted by atomic mass is 16.1. The van der Waals surface area contributed by atoms with E-state index >= 15 is 0 Å². The molecule has 0 aliphatic carbocycles. The van der Waals surface area contributed by atoms with E-state index in [1.165, 1.54) is 16.7 Å². The first-order valence-electron chi connectivity index (χ1n) is 10.4. The lowest BCUT2D eigenvalue weighted by Gasteiger charge is -2.20. The lowest BCUT2D eigenvalue weighted by atomic mass is 9.84. The second-order valence-corrected chi connectivity index (χ2v) is 7.51. The molecule has 1 nitrogen and oxygen atoms in total. The van der Waals surface area contributed by atoms with Crippen LogP contribution in [-0.2, 0) is 11.2 Å². The zero-order chi connectivity index (χ0) is 19.6. The van der Waals surface area contributed by atoms with Crippen molar-refractivity contribution < 1.29 is 4.79 Å². The summed E-state index contributed by atoms with van der Waals surface area (Å²) in [6.45, 7) is 1.98. The Balaban J connectivity index is 1.68. The minimum absolute atomic E-state index is 0.125. The van der Waals surface area contributed by atoms with Crippen LogP contribution in [-0.4, -0.2) is 5.78 Å². The molecule has 1 atom stereocenters. The molecular weight excluding hydrogens is 340 g/mol. The molecule has 0 radical (unpaired) electrons. The molecule has 0 spiro atoms. The van der Waals surface area contributed by atoms with E-state index in [2.05, 4.69) is 84.9 Å². The number of carbonyl (C=O) groups excluding carboxylic acids is 1. The molecule has 0 aliphatic rings. The van der Waals surface area contributed by atoms with E-state index in [1.54, 1.807) is 0 Å². The van der Waals surface area contributed by atoms with Gasteiger partial charge in [0.25, 0.3) is 0 Å². The van der Waals surface area contributed by atoms with E-state index in [1.807, 2.05) is 13.0 Å².